The SMILES string of the molecule is CCCCCCCCCCCCCCCCOS(=O)(=O)C(CC)[N+](C)(C)C. The van der Waals surface area contributed by atoms with E-state index in [9.17, 15) is 8.42 Å². The zero-order valence-electron chi connectivity index (χ0n) is 19.0. The van der Waals surface area contributed by atoms with E-state index >= 15 is 0 Å². The molecule has 0 aliphatic heterocycles. The van der Waals surface area contributed by atoms with Crippen LogP contribution in [0.15, 0.2) is 0 Å². The minimum Gasteiger partial charge on any atom is -0.314 e. The summed E-state index contributed by atoms with van der Waals surface area (Å²) in [5, 5.41) is -0.482. The minimum absolute atomic E-state index is 0.330. The first-order valence-electron chi connectivity index (χ1n) is 11.4. The largest absolute Gasteiger partial charge is 0.321 e. The summed E-state index contributed by atoms with van der Waals surface area (Å²) in [5.74, 6) is 0. The molecule has 0 radical (unpaired) electrons. The van der Waals surface area contributed by atoms with Gasteiger partial charge in [-0.15, -0.1) is 0 Å². The van der Waals surface area contributed by atoms with E-state index in [1.54, 1.807) is 0 Å². The molecule has 1 atom stereocenters. The highest BCUT2D eigenvalue weighted by atomic mass is 32.2. The Morgan fingerprint density at radius 2 is 1.04 bits per heavy atom. The fourth-order valence-electron chi connectivity index (χ4n) is 3.69. The second-order valence-corrected chi connectivity index (χ2v) is 10.7. The van der Waals surface area contributed by atoms with Crippen molar-refractivity contribution in [3.8, 4) is 0 Å². The van der Waals surface area contributed by atoms with E-state index < -0.39 is 15.5 Å². The Hall–Kier alpha value is -0.130. The summed E-state index contributed by atoms with van der Waals surface area (Å²) in [4.78, 5) is 0. The number of hydrogen-bond donors (Lipinski definition) is 0. The molecule has 0 aromatic carbocycles. The van der Waals surface area contributed by atoms with Gasteiger partial charge in [-0.25, -0.2) is 0 Å². The van der Waals surface area contributed by atoms with Gasteiger partial charge in [0.25, 0.3) is 0 Å². The van der Waals surface area contributed by atoms with Gasteiger partial charge in [-0.1, -0.05) is 97.3 Å². The van der Waals surface area contributed by atoms with Gasteiger partial charge in [0.15, 0.2) is 0 Å². The first-order valence-corrected chi connectivity index (χ1v) is 12.9. The van der Waals surface area contributed by atoms with Crippen molar-refractivity contribution in [2.24, 2.45) is 0 Å². The fraction of sp³-hybridized carbons (Fsp3) is 1.00. The molecule has 0 aromatic heterocycles. The van der Waals surface area contributed by atoms with Crippen molar-refractivity contribution in [3.63, 3.8) is 0 Å². The van der Waals surface area contributed by atoms with E-state index in [-0.39, 0.29) is 0 Å². The summed E-state index contributed by atoms with van der Waals surface area (Å²) in [7, 11) is 2.24. The first-order chi connectivity index (χ1) is 12.8. The summed E-state index contributed by atoms with van der Waals surface area (Å²) in [6, 6.07) is 0. The zero-order chi connectivity index (χ0) is 20.6. The summed E-state index contributed by atoms with van der Waals surface area (Å²) < 4.78 is 30.3. The van der Waals surface area contributed by atoms with Crippen molar-refractivity contribution in [2.75, 3.05) is 27.7 Å². The molecule has 0 amide bonds. The molecule has 4 nitrogen and oxygen atoms in total. The predicted octanol–water partition coefficient (Wildman–Crippen LogP) is 6.26. The van der Waals surface area contributed by atoms with Crippen LogP contribution in [0.25, 0.3) is 0 Å². The van der Waals surface area contributed by atoms with E-state index in [1.165, 1.54) is 77.0 Å². The van der Waals surface area contributed by atoms with E-state index in [1.807, 2.05) is 28.1 Å². The van der Waals surface area contributed by atoms with E-state index in [0.717, 1.165) is 12.8 Å². The normalized spacial score (nSPS) is 13.8. The molecule has 0 fully saturated rings. The maximum Gasteiger partial charge on any atom is 0.321 e. The van der Waals surface area contributed by atoms with Crippen molar-refractivity contribution in [1.82, 2.24) is 0 Å². The second-order valence-electron chi connectivity index (χ2n) is 8.89. The number of nitrogens with zero attached hydrogens (tertiary/aromatic N) is 1. The molecule has 0 saturated carbocycles. The van der Waals surface area contributed by atoms with Gasteiger partial charge in [0, 0.05) is 6.42 Å². The molecule has 1 unspecified atom stereocenters. The third kappa shape index (κ3) is 14.5. The van der Waals surface area contributed by atoms with Crippen molar-refractivity contribution in [1.29, 1.82) is 0 Å². The molecule has 0 bridgehead atoms. The Bertz CT molecular complexity index is 429. The highest BCUT2D eigenvalue weighted by molar-refractivity contribution is 7.87. The lowest BCUT2D eigenvalue weighted by Gasteiger charge is -2.32. The van der Waals surface area contributed by atoms with Crippen LogP contribution in [0.1, 0.15) is 110 Å². The van der Waals surface area contributed by atoms with Crippen LogP contribution in [-0.4, -0.2) is 46.0 Å². The van der Waals surface area contributed by atoms with Gasteiger partial charge in [0.1, 0.15) is 0 Å². The molecule has 0 aliphatic carbocycles. The second kappa shape index (κ2) is 15.8. The van der Waals surface area contributed by atoms with Gasteiger partial charge in [0.05, 0.1) is 27.7 Å². The summed E-state index contributed by atoms with van der Waals surface area (Å²) >= 11 is 0. The summed E-state index contributed by atoms with van der Waals surface area (Å²) in [6.45, 7) is 4.50. The molecular formula is C22H48NO3S+. The number of rotatable bonds is 19. The van der Waals surface area contributed by atoms with E-state index in [0.29, 0.717) is 17.5 Å². The molecule has 0 aromatic rings. The van der Waals surface area contributed by atoms with Gasteiger partial charge < -0.3 is 4.48 Å². The Labute approximate surface area is 170 Å². The van der Waals surface area contributed by atoms with Crippen LogP contribution in [0, 0.1) is 0 Å². The van der Waals surface area contributed by atoms with Gasteiger partial charge in [-0.05, 0) is 6.42 Å². The van der Waals surface area contributed by atoms with Crippen LogP contribution in [0.5, 0.6) is 0 Å². The molecule has 0 saturated heterocycles. The van der Waals surface area contributed by atoms with Crippen LogP contribution < -0.4 is 0 Å². The van der Waals surface area contributed by atoms with Gasteiger partial charge in [0.2, 0.25) is 5.37 Å². The average molecular weight is 407 g/mol. The molecule has 164 valence electrons. The topological polar surface area (TPSA) is 43.4 Å². The Balaban J connectivity index is 3.52. The van der Waals surface area contributed by atoms with Crippen LogP contribution in [0.3, 0.4) is 0 Å². The highest BCUT2D eigenvalue weighted by Crippen LogP contribution is 2.17. The van der Waals surface area contributed by atoms with Crippen molar-refractivity contribution >= 4 is 10.1 Å². The van der Waals surface area contributed by atoms with Crippen LogP contribution in [-0.2, 0) is 14.3 Å². The summed E-state index contributed by atoms with van der Waals surface area (Å²) in [5.41, 5.74) is 0. The standard InChI is InChI=1S/C22H48NO3S/c1-6-8-9-10-11-12-13-14-15-16-17-18-19-20-21-26-27(24,25)22(7-2)23(3,4)5/h22H,6-21H2,1-5H3/q+1. The molecule has 27 heavy (non-hydrogen) atoms. The fourth-order valence-corrected chi connectivity index (χ4v) is 5.38. The third-order valence-electron chi connectivity index (χ3n) is 5.29. The van der Waals surface area contributed by atoms with E-state index in [4.69, 9.17) is 4.18 Å². The van der Waals surface area contributed by atoms with Gasteiger partial charge >= 0.3 is 10.1 Å². The molecule has 0 aliphatic rings. The Morgan fingerprint density at radius 3 is 1.37 bits per heavy atom. The lowest BCUT2D eigenvalue weighted by Crippen LogP contribution is -2.49. The van der Waals surface area contributed by atoms with Crippen LogP contribution in [0.2, 0.25) is 0 Å². The molecule has 0 spiro atoms. The third-order valence-corrected chi connectivity index (χ3v) is 7.42. The minimum atomic E-state index is -3.48. The average Bonchev–Trinajstić information content (AvgIpc) is 2.57. The van der Waals surface area contributed by atoms with E-state index in [2.05, 4.69) is 6.92 Å². The molecule has 0 rings (SSSR count). The zero-order valence-corrected chi connectivity index (χ0v) is 19.8. The highest BCUT2D eigenvalue weighted by Gasteiger charge is 2.36. The maximum atomic E-state index is 12.3. The number of hydrogen-bond acceptors (Lipinski definition) is 3. The van der Waals surface area contributed by atoms with Crippen molar-refractivity contribution < 1.29 is 17.1 Å². The first kappa shape index (κ1) is 26.9. The maximum absolute atomic E-state index is 12.3. The lowest BCUT2D eigenvalue weighted by atomic mass is 10.0. The number of unbranched alkanes of at least 4 members (excludes halogenated alkanes) is 13. The smallest absolute Gasteiger partial charge is 0.314 e. The monoisotopic (exact) mass is 406 g/mol. The van der Waals surface area contributed by atoms with Gasteiger partial charge in [-0.2, -0.15) is 8.42 Å². The molecular weight excluding hydrogens is 358 g/mol. The van der Waals surface area contributed by atoms with Crippen LogP contribution >= 0.6 is 0 Å². The Morgan fingerprint density at radius 1 is 0.667 bits per heavy atom. The quantitative estimate of drug-likeness (QED) is 0.144. The molecule has 0 heterocycles. The Kier molecular flexibility index (Phi) is 15.7. The number of quaternary nitrogens is 1. The van der Waals surface area contributed by atoms with Crippen molar-refractivity contribution in [2.45, 2.75) is 116 Å². The van der Waals surface area contributed by atoms with Crippen molar-refractivity contribution in [3.05, 3.63) is 0 Å². The van der Waals surface area contributed by atoms with Crippen LogP contribution in [0.4, 0.5) is 0 Å². The summed E-state index contributed by atoms with van der Waals surface area (Å²) in [6.07, 6.45) is 18.7. The van der Waals surface area contributed by atoms with Gasteiger partial charge in [-0.3, -0.25) is 4.18 Å². The predicted molar refractivity (Wildman–Crippen MR) is 117 cm³/mol. The molecule has 0 N–H and O–H groups in total. The lowest BCUT2D eigenvalue weighted by molar-refractivity contribution is -0.882. The molecule has 5 heteroatoms.